The van der Waals surface area contributed by atoms with Gasteiger partial charge in [-0.2, -0.15) is 0 Å². The van der Waals surface area contributed by atoms with Crippen LogP contribution < -0.4 is 26.0 Å². The molecule has 0 spiro atoms. The molecule has 0 atom stereocenters. The molecule has 0 unspecified atom stereocenters. The van der Waals surface area contributed by atoms with Gasteiger partial charge < -0.3 is 26.0 Å². The van der Waals surface area contributed by atoms with Crippen molar-refractivity contribution in [1.29, 1.82) is 0 Å². The normalized spacial score (nSPS) is 13.2. The predicted octanol–water partition coefficient (Wildman–Crippen LogP) is 4.67. The first-order chi connectivity index (χ1) is 19.1. The van der Waals surface area contributed by atoms with Gasteiger partial charge in [-0.3, -0.25) is 14.4 Å². The number of hydrogen-bond donors (Lipinski definition) is 4. The Kier molecular flexibility index (Phi) is 11.9. The fourth-order valence-corrected chi connectivity index (χ4v) is 5.16. The smallest absolute Gasteiger partial charge is 0.270 e. The summed E-state index contributed by atoms with van der Waals surface area (Å²) in [6, 6.07) is 11.5. The van der Waals surface area contributed by atoms with E-state index in [1.54, 1.807) is 19.0 Å². The van der Waals surface area contributed by atoms with Gasteiger partial charge in [0.25, 0.3) is 5.91 Å². The molecule has 0 radical (unpaired) electrons. The van der Waals surface area contributed by atoms with Gasteiger partial charge in [0.15, 0.2) is 0 Å². The number of benzene rings is 2. The van der Waals surface area contributed by atoms with Crippen LogP contribution in [0.5, 0.6) is 0 Å². The maximum absolute atomic E-state index is 12.9. The third kappa shape index (κ3) is 9.26. The van der Waals surface area contributed by atoms with Crippen LogP contribution in [0.4, 0.5) is 17.1 Å². The molecule has 9 nitrogen and oxygen atoms in total. The molecular formula is C29H39BrN6O3S. The van der Waals surface area contributed by atoms with Crippen molar-refractivity contribution in [3.63, 3.8) is 0 Å². The van der Waals surface area contributed by atoms with Crippen LogP contribution in [0.2, 0.25) is 0 Å². The summed E-state index contributed by atoms with van der Waals surface area (Å²) in [6.45, 7) is 4.99. The summed E-state index contributed by atoms with van der Waals surface area (Å²) in [5.74, 6) is -0.148. The number of nitrogen functional groups attached to an aromatic ring is 1. The molecule has 0 heterocycles. The Morgan fingerprint density at radius 2 is 1.80 bits per heavy atom. The number of nitrogens with two attached hydrogens (primary N) is 1. The van der Waals surface area contributed by atoms with Crippen LogP contribution in [0, 0.1) is 0 Å². The van der Waals surface area contributed by atoms with Crippen molar-refractivity contribution >= 4 is 68.4 Å². The third-order valence-electron chi connectivity index (χ3n) is 6.36. The number of likely N-dealkylation sites (N-methyl/N-ethyl adjacent to an activating group) is 1. The molecule has 3 rings (SSSR count). The van der Waals surface area contributed by atoms with Gasteiger partial charge >= 0.3 is 0 Å². The molecule has 11 heteroatoms. The third-order valence-corrected chi connectivity index (χ3v) is 7.71. The molecule has 0 saturated heterocycles. The Hall–Kier alpha value is -3.05. The lowest BCUT2D eigenvalue weighted by Crippen LogP contribution is -2.32. The van der Waals surface area contributed by atoms with E-state index in [1.165, 1.54) is 0 Å². The van der Waals surface area contributed by atoms with Crippen LogP contribution in [0.1, 0.15) is 63.0 Å². The molecule has 2 aromatic rings. The SMILES string of the molecule is CNC(=O)C(=Nc1ccc(Br)cc1)c1cc(C2CC2)c(N(CCCNC(=O)CCC(=O)NC(C)C)SC)cc1N. The Balaban J connectivity index is 1.73. The number of hydrogen-bond acceptors (Lipinski definition) is 7. The van der Waals surface area contributed by atoms with Crippen molar-refractivity contribution in [3.8, 4) is 0 Å². The molecule has 1 saturated carbocycles. The van der Waals surface area contributed by atoms with Crippen LogP contribution in [-0.4, -0.2) is 55.9 Å². The molecule has 0 bridgehead atoms. The number of rotatable bonds is 14. The minimum Gasteiger partial charge on any atom is -0.398 e. The number of carbonyl (C=O) groups is 3. The largest absolute Gasteiger partial charge is 0.398 e. The van der Waals surface area contributed by atoms with Gasteiger partial charge in [-0.15, -0.1) is 0 Å². The van der Waals surface area contributed by atoms with Crippen molar-refractivity contribution in [2.24, 2.45) is 4.99 Å². The highest BCUT2D eigenvalue weighted by Crippen LogP contribution is 2.47. The lowest BCUT2D eigenvalue weighted by atomic mass is 9.98. The van der Waals surface area contributed by atoms with Crippen molar-refractivity contribution in [1.82, 2.24) is 16.0 Å². The first-order valence-corrected chi connectivity index (χ1v) is 15.5. The molecule has 40 heavy (non-hydrogen) atoms. The summed E-state index contributed by atoms with van der Waals surface area (Å²) >= 11 is 5.03. The number of aliphatic imine (C=N–C) groups is 1. The van der Waals surface area contributed by atoms with E-state index >= 15 is 0 Å². The highest BCUT2D eigenvalue weighted by atomic mass is 79.9. The zero-order valence-corrected chi connectivity index (χ0v) is 26.0. The summed E-state index contributed by atoms with van der Waals surface area (Å²) in [5, 5.41) is 8.40. The van der Waals surface area contributed by atoms with Crippen LogP contribution in [0.3, 0.4) is 0 Å². The standard InChI is InChI=1S/C29H39BrN6O3S/c1-18(2)34-27(38)13-12-26(37)33-14-5-15-36(40-4)25-17-24(31)23(16-22(25)19-6-7-19)28(29(39)32-3)35-21-10-8-20(30)9-11-21/h8-11,16-19H,5-7,12-15,31H2,1-4H3,(H,32,39)(H,33,37)(H,34,38). The van der Waals surface area contributed by atoms with Gasteiger partial charge in [0.05, 0.1) is 11.4 Å². The first kappa shape index (κ1) is 31.5. The van der Waals surface area contributed by atoms with Crippen LogP contribution in [-0.2, 0) is 14.4 Å². The Morgan fingerprint density at radius 1 is 1.12 bits per heavy atom. The van der Waals surface area contributed by atoms with E-state index in [-0.39, 0.29) is 42.3 Å². The first-order valence-electron chi connectivity index (χ1n) is 13.5. The monoisotopic (exact) mass is 630 g/mol. The molecular weight excluding hydrogens is 592 g/mol. The average Bonchev–Trinajstić information content (AvgIpc) is 3.76. The maximum Gasteiger partial charge on any atom is 0.270 e. The molecule has 0 aromatic heterocycles. The van der Waals surface area contributed by atoms with E-state index in [1.807, 2.05) is 56.5 Å². The van der Waals surface area contributed by atoms with Gasteiger partial charge in [-0.05, 0) is 81.0 Å². The lowest BCUT2D eigenvalue weighted by Gasteiger charge is -2.26. The Morgan fingerprint density at radius 3 is 2.40 bits per heavy atom. The van der Waals surface area contributed by atoms with E-state index in [0.717, 1.165) is 35.0 Å². The van der Waals surface area contributed by atoms with Crippen molar-refractivity contribution in [2.45, 2.75) is 57.9 Å². The number of amides is 3. The highest BCUT2D eigenvalue weighted by molar-refractivity contribution is 9.10. The van der Waals surface area contributed by atoms with Crippen molar-refractivity contribution in [2.75, 3.05) is 36.4 Å². The van der Waals surface area contributed by atoms with Crippen molar-refractivity contribution < 1.29 is 14.4 Å². The molecule has 1 aliphatic rings. The van der Waals surface area contributed by atoms with Gasteiger partial charge in [-0.1, -0.05) is 27.9 Å². The number of nitrogens with zero attached hydrogens (tertiary/aromatic N) is 2. The lowest BCUT2D eigenvalue weighted by molar-refractivity contribution is -0.126. The fraction of sp³-hybridized carbons (Fsp3) is 0.448. The van der Waals surface area contributed by atoms with Crippen LogP contribution in [0.25, 0.3) is 0 Å². The van der Waals surface area contributed by atoms with Crippen LogP contribution >= 0.6 is 27.9 Å². The number of halogens is 1. The second-order valence-electron chi connectivity index (χ2n) is 10.00. The minimum absolute atomic E-state index is 0.0610. The van der Waals surface area contributed by atoms with Gasteiger partial charge in [0.2, 0.25) is 11.8 Å². The average molecular weight is 632 g/mol. The van der Waals surface area contributed by atoms with Gasteiger partial charge in [-0.25, -0.2) is 4.99 Å². The summed E-state index contributed by atoms with van der Waals surface area (Å²) < 4.78 is 3.11. The zero-order valence-electron chi connectivity index (χ0n) is 23.6. The summed E-state index contributed by atoms with van der Waals surface area (Å²) in [5.41, 5.74) is 10.8. The Bertz CT molecular complexity index is 1230. The fourth-order valence-electron chi connectivity index (χ4n) is 4.23. The molecule has 1 fully saturated rings. The second kappa shape index (κ2) is 15.1. The quantitative estimate of drug-likeness (QED) is 0.104. The van der Waals surface area contributed by atoms with Gasteiger partial charge in [0.1, 0.15) is 5.71 Å². The summed E-state index contributed by atoms with van der Waals surface area (Å²) in [6.07, 6.45) is 5.25. The molecule has 216 valence electrons. The van der Waals surface area contributed by atoms with E-state index in [2.05, 4.69) is 41.2 Å². The van der Waals surface area contributed by atoms with Crippen molar-refractivity contribution in [3.05, 3.63) is 52.0 Å². The number of carbonyl (C=O) groups excluding carboxylic acids is 3. The van der Waals surface area contributed by atoms with Crippen LogP contribution in [0.15, 0.2) is 45.9 Å². The van der Waals surface area contributed by atoms with Gasteiger partial charge in [0, 0.05) is 61.0 Å². The summed E-state index contributed by atoms with van der Waals surface area (Å²) in [4.78, 5) is 41.5. The topological polar surface area (TPSA) is 129 Å². The molecule has 5 N–H and O–H groups in total. The number of nitrogens with one attached hydrogen (secondary N) is 3. The molecule has 2 aromatic carbocycles. The number of anilines is 2. The maximum atomic E-state index is 12.9. The Labute approximate surface area is 249 Å². The molecule has 0 aliphatic heterocycles. The van der Waals surface area contributed by atoms with E-state index in [0.29, 0.717) is 35.9 Å². The van der Waals surface area contributed by atoms with E-state index < -0.39 is 0 Å². The molecule has 3 amide bonds. The zero-order chi connectivity index (χ0) is 29.2. The second-order valence-corrected chi connectivity index (χ2v) is 11.7. The minimum atomic E-state index is -0.303. The summed E-state index contributed by atoms with van der Waals surface area (Å²) in [7, 11) is 1.58. The predicted molar refractivity (Wildman–Crippen MR) is 168 cm³/mol. The molecule has 1 aliphatic carbocycles. The van der Waals surface area contributed by atoms with E-state index in [9.17, 15) is 14.4 Å². The highest BCUT2D eigenvalue weighted by Gasteiger charge is 2.30. The van der Waals surface area contributed by atoms with E-state index in [4.69, 9.17) is 5.73 Å².